The van der Waals surface area contributed by atoms with Gasteiger partial charge in [-0.05, 0) is 26.7 Å². The molecule has 2 rings (SSSR count). The number of hydrogen-bond acceptors (Lipinski definition) is 4. The molecule has 0 unspecified atom stereocenters. The van der Waals surface area contributed by atoms with E-state index >= 15 is 0 Å². The number of carbonyl (C=O) groups excluding carboxylic acids is 1. The zero-order valence-electron chi connectivity index (χ0n) is 10.9. The zero-order chi connectivity index (χ0) is 13.0. The highest BCUT2D eigenvalue weighted by molar-refractivity contribution is 5.93. The Hall–Kier alpha value is -1.65. The van der Waals surface area contributed by atoms with Crippen molar-refractivity contribution in [1.82, 2.24) is 15.3 Å². The quantitative estimate of drug-likeness (QED) is 0.855. The largest absolute Gasteiger partial charge is 0.351 e. The van der Waals surface area contributed by atoms with E-state index in [0.29, 0.717) is 17.6 Å². The second kappa shape index (κ2) is 5.80. The van der Waals surface area contributed by atoms with E-state index in [2.05, 4.69) is 20.6 Å². The SMILES string of the molecule is CC(C)NC(=O)c1cnc(NC2CCCC2)nc1. The Labute approximate surface area is 107 Å². The van der Waals surface area contributed by atoms with Crippen molar-refractivity contribution in [3.05, 3.63) is 18.0 Å². The van der Waals surface area contributed by atoms with Crippen LogP contribution in [0.2, 0.25) is 0 Å². The first kappa shape index (κ1) is 12.8. The molecule has 1 aromatic heterocycles. The van der Waals surface area contributed by atoms with Crippen molar-refractivity contribution in [3.8, 4) is 0 Å². The molecule has 0 bridgehead atoms. The van der Waals surface area contributed by atoms with Gasteiger partial charge >= 0.3 is 0 Å². The van der Waals surface area contributed by atoms with Gasteiger partial charge in [0.25, 0.3) is 5.91 Å². The molecule has 0 radical (unpaired) electrons. The van der Waals surface area contributed by atoms with Gasteiger partial charge in [0.15, 0.2) is 0 Å². The van der Waals surface area contributed by atoms with Crippen molar-refractivity contribution in [2.75, 3.05) is 5.32 Å². The maximum atomic E-state index is 11.7. The molecule has 0 atom stereocenters. The highest BCUT2D eigenvalue weighted by atomic mass is 16.1. The minimum Gasteiger partial charge on any atom is -0.351 e. The van der Waals surface area contributed by atoms with Crippen LogP contribution in [0.1, 0.15) is 49.9 Å². The number of nitrogens with zero attached hydrogens (tertiary/aromatic N) is 2. The lowest BCUT2D eigenvalue weighted by atomic mass is 10.2. The van der Waals surface area contributed by atoms with E-state index in [-0.39, 0.29) is 11.9 Å². The maximum absolute atomic E-state index is 11.7. The summed E-state index contributed by atoms with van der Waals surface area (Å²) < 4.78 is 0. The Balaban J connectivity index is 1.94. The molecule has 0 saturated heterocycles. The van der Waals surface area contributed by atoms with E-state index < -0.39 is 0 Å². The smallest absolute Gasteiger partial charge is 0.254 e. The van der Waals surface area contributed by atoms with Gasteiger partial charge in [-0.25, -0.2) is 9.97 Å². The highest BCUT2D eigenvalue weighted by Gasteiger charge is 2.15. The number of amides is 1. The number of aromatic nitrogens is 2. The number of carbonyl (C=O) groups is 1. The van der Waals surface area contributed by atoms with Gasteiger partial charge in [0.2, 0.25) is 5.95 Å². The Morgan fingerprint density at radius 3 is 2.44 bits per heavy atom. The fourth-order valence-corrected chi connectivity index (χ4v) is 2.12. The summed E-state index contributed by atoms with van der Waals surface area (Å²) in [5.74, 6) is 0.486. The molecule has 18 heavy (non-hydrogen) atoms. The van der Waals surface area contributed by atoms with Crippen LogP contribution >= 0.6 is 0 Å². The molecule has 98 valence electrons. The molecule has 5 heteroatoms. The number of hydrogen-bond donors (Lipinski definition) is 2. The van der Waals surface area contributed by atoms with Gasteiger partial charge in [0.05, 0.1) is 5.56 Å². The van der Waals surface area contributed by atoms with Crippen LogP contribution in [-0.4, -0.2) is 28.0 Å². The predicted octanol–water partition coefficient (Wildman–Crippen LogP) is 1.97. The van der Waals surface area contributed by atoms with Gasteiger partial charge in [-0.1, -0.05) is 12.8 Å². The molecule has 0 aliphatic heterocycles. The van der Waals surface area contributed by atoms with Crippen molar-refractivity contribution in [1.29, 1.82) is 0 Å². The molecule has 0 spiro atoms. The van der Waals surface area contributed by atoms with Gasteiger partial charge < -0.3 is 10.6 Å². The Kier molecular flexibility index (Phi) is 4.12. The van der Waals surface area contributed by atoms with Crippen LogP contribution in [0.4, 0.5) is 5.95 Å². The summed E-state index contributed by atoms with van der Waals surface area (Å²) in [5, 5.41) is 6.11. The Morgan fingerprint density at radius 2 is 1.89 bits per heavy atom. The minimum atomic E-state index is -0.127. The Morgan fingerprint density at radius 1 is 1.28 bits per heavy atom. The average molecular weight is 248 g/mol. The van der Waals surface area contributed by atoms with Crippen LogP contribution in [0.5, 0.6) is 0 Å². The van der Waals surface area contributed by atoms with Crippen LogP contribution in [0.15, 0.2) is 12.4 Å². The predicted molar refractivity (Wildman–Crippen MR) is 70.5 cm³/mol. The third-order valence-electron chi connectivity index (χ3n) is 3.02. The van der Waals surface area contributed by atoms with E-state index in [0.717, 1.165) is 0 Å². The summed E-state index contributed by atoms with van der Waals surface area (Å²) in [5.41, 5.74) is 0.501. The first-order chi connectivity index (χ1) is 8.65. The third-order valence-corrected chi connectivity index (χ3v) is 3.02. The summed E-state index contributed by atoms with van der Waals surface area (Å²) in [6.07, 6.45) is 8.04. The van der Waals surface area contributed by atoms with Crippen molar-refractivity contribution >= 4 is 11.9 Å². The summed E-state index contributed by atoms with van der Waals surface area (Å²) in [6, 6.07) is 0.606. The maximum Gasteiger partial charge on any atom is 0.254 e. The van der Waals surface area contributed by atoms with Crippen LogP contribution in [0.3, 0.4) is 0 Å². The molecule has 1 amide bonds. The molecule has 2 N–H and O–H groups in total. The van der Waals surface area contributed by atoms with Crippen molar-refractivity contribution in [2.24, 2.45) is 0 Å². The second-order valence-electron chi connectivity index (χ2n) is 5.05. The van der Waals surface area contributed by atoms with E-state index in [1.54, 1.807) is 12.4 Å². The number of anilines is 1. The summed E-state index contributed by atoms with van der Waals surface area (Å²) >= 11 is 0. The number of rotatable bonds is 4. The summed E-state index contributed by atoms with van der Waals surface area (Å²) in [4.78, 5) is 20.1. The lowest BCUT2D eigenvalue weighted by molar-refractivity contribution is 0.0942. The molecule has 1 heterocycles. The lowest BCUT2D eigenvalue weighted by Gasteiger charge is -2.12. The van der Waals surface area contributed by atoms with Gasteiger partial charge in [-0.15, -0.1) is 0 Å². The first-order valence-corrected chi connectivity index (χ1v) is 6.54. The third kappa shape index (κ3) is 3.42. The van der Waals surface area contributed by atoms with Crippen LogP contribution in [0.25, 0.3) is 0 Å². The van der Waals surface area contributed by atoms with E-state index in [4.69, 9.17) is 0 Å². The lowest BCUT2D eigenvalue weighted by Crippen LogP contribution is -2.30. The van der Waals surface area contributed by atoms with Gasteiger partial charge in [-0.3, -0.25) is 4.79 Å². The molecule has 1 aliphatic rings. The number of nitrogens with one attached hydrogen (secondary N) is 2. The van der Waals surface area contributed by atoms with Crippen LogP contribution < -0.4 is 10.6 Å². The standard InChI is InChI=1S/C13H20N4O/c1-9(2)16-12(18)10-7-14-13(15-8-10)17-11-5-3-4-6-11/h7-9,11H,3-6H2,1-2H3,(H,16,18)(H,14,15,17). The van der Waals surface area contributed by atoms with Crippen molar-refractivity contribution < 1.29 is 4.79 Å². The molecular weight excluding hydrogens is 228 g/mol. The fourth-order valence-electron chi connectivity index (χ4n) is 2.12. The van der Waals surface area contributed by atoms with Gasteiger partial charge in [0.1, 0.15) is 0 Å². The highest BCUT2D eigenvalue weighted by Crippen LogP contribution is 2.20. The molecule has 1 aliphatic carbocycles. The van der Waals surface area contributed by atoms with Gasteiger partial charge in [-0.2, -0.15) is 0 Å². The molecule has 5 nitrogen and oxygen atoms in total. The zero-order valence-corrected chi connectivity index (χ0v) is 10.9. The Bertz CT molecular complexity index is 396. The van der Waals surface area contributed by atoms with E-state index in [1.807, 2.05) is 13.8 Å². The van der Waals surface area contributed by atoms with E-state index in [9.17, 15) is 4.79 Å². The summed E-state index contributed by atoms with van der Waals surface area (Å²) in [7, 11) is 0. The molecule has 1 fully saturated rings. The molecular formula is C13H20N4O. The second-order valence-corrected chi connectivity index (χ2v) is 5.05. The van der Waals surface area contributed by atoms with Crippen molar-refractivity contribution in [3.63, 3.8) is 0 Å². The topological polar surface area (TPSA) is 66.9 Å². The molecule has 0 aromatic carbocycles. The van der Waals surface area contributed by atoms with Crippen LogP contribution in [0, 0.1) is 0 Å². The summed E-state index contributed by atoms with van der Waals surface area (Å²) in [6.45, 7) is 3.85. The molecule has 1 saturated carbocycles. The normalized spacial score (nSPS) is 15.9. The average Bonchev–Trinajstić information content (AvgIpc) is 2.82. The minimum absolute atomic E-state index is 0.119. The van der Waals surface area contributed by atoms with E-state index in [1.165, 1.54) is 25.7 Å². The monoisotopic (exact) mass is 248 g/mol. The first-order valence-electron chi connectivity index (χ1n) is 6.54. The van der Waals surface area contributed by atoms with Gasteiger partial charge in [0, 0.05) is 24.5 Å². The fraction of sp³-hybridized carbons (Fsp3) is 0.615. The van der Waals surface area contributed by atoms with Crippen molar-refractivity contribution in [2.45, 2.75) is 51.6 Å². The molecule has 1 aromatic rings. The van der Waals surface area contributed by atoms with Crippen LogP contribution in [-0.2, 0) is 0 Å².